The van der Waals surface area contributed by atoms with Crippen molar-refractivity contribution in [3.05, 3.63) is 28.8 Å². The van der Waals surface area contributed by atoms with Gasteiger partial charge in [-0.3, -0.25) is 4.90 Å². The summed E-state index contributed by atoms with van der Waals surface area (Å²) in [6.07, 6.45) is 0. The molecule has 1 aliphatic rings. The lowest BCUT2D eigenvalue weighted by molar-refractivity contribution is 0.0322. The Labute approximate surface area is 126 Å². The standard InChI is InChI=1S/C15H23ClN2O2/c1-2-17-12-13-11-14(16)3-4-15(13)20-10-7-18-5-8-19-9-6-18/h3-4,11,17H,2,5-10,12H2,1H3. The van der Waals surface area contributed by atoms with Gasteiger partial charge in [0.25, 0.3) is 0 Å². The van der Waals surface area contributed by atoms with Crippen LogP contribution in [0.2, 0.25) is 5.02 Å². The molecular weight excluding hydrogens is 276 g/mol. The van der Waals surface area contributed by atoms with Gasteiger partial charge in [-0.05, 0) is 24.7 Å². The number of hydrogen-bond donors (Lipinski definition) is 1. The normalized spacial score (nSPS) is 16.3. The van der Waals surface area contributed by atoms with Gasteiger partial charge in [0.1, 0.15) is 12.4 Å². The maximum atomic E-state index is 6.05. The minimum atomic E-state index is 0.695. The Bertz CT molecular complexity index is 409. The van der Waals surface area contributed by atoms with Gasteiger partial charge in [0.2, 0.25) is 0 Å². The van der Waals surface area contributed by atoms with Crippen LogP contribution >= 0.6 is 11.6 Å². The van der Waals surface area contributed by atoms with Gasteiger partial charge >= 0.3 is 0 Å². The molecule has 0 spiro atoms. The van der Waals surface area contributed by atoms with E-state index in [9.17, 15) is 0 Å². The number of nitrogens with zero attached hydrogens (tertiary/aromatic N) is 1. The first-order valence-electron chi connectivity index (χ1n) is 7.21. The molecule has 112 valence electrons. The summed E-state index contributed by atoms with van der Waals surface area (Å²) >= 11 is 6.05. The van der Waals surface area contributed by atoms with Crippen LogP contribution in [-0.4, -0.2) is 50.9 Å². The van der Waals surface area contributed by atoms with Crippen molar-refractivity contribution >= 4 is 11.6 Å². The summed E-state index contributed by atoms with van der Waals surface area (Å²) in [6, 6.07) is 5.80. The highest BCUT2D eigenvalue weighted by atomic mass is 35.5. The van der Waals surface area contributed by atoms with E-state index in [2.05, 4.69) is 17.1 Å². The summed E-state index contributed by atoms with van der Waals surface area (Å²) in [5, 5.41) is 4.05. The van der Waals surface area contributed by atoms with Gasteiger partial charge in [0, 0.05) is 36.8 Å². The third-order valence-electron chi connectivity index (χ3n) is 3.36. The molecule has 2 rings (SSSR count). The Hall–Kier alpha value is -0.810. The highest BCUT2D eigenvalue weighted by Crippen LogP contribution is 2.22. The third-order valence-corrected chi connectivity index (χ3v) is 3.59. The van der Waals surface area contributed by atoms with Crippen molar-refractivity contribution in [1.29, 1.82) is 0 Å². The molecule has 20 heavy (non-hydrogen) atoms. The SMILES string of the molecule is CCNCc1cc(Cl)ccc1OCCN1CCOCC1. The average Bonchev–Trinajstić information content (AvgIpc) is 2.48. The van der Waals surface area contributed by atoms with Crippen molar-refractivity contribution in [2.24, 2.45) is 0 Å². The second-order valence-corrected chi connectivity index (χ2v) is 5.27. The first kappa shape index (κ1) is 15.6. The molecule has 0 bridgehead atoms. The smallest absolute Gasteiger partial charge is 0.123 e. The van der Waals surface area contributed by atoms with E-state index in [4.69, 9.17) is 21.1 Å². The summed E-state index contributed by atoms with van der Waals surface area (Å²) in [7, 11) is 0. The van der Waals surface area contributed by atoms with Crippen molar-refractivity contribution in [3.8, 4) is 5.75 Å². The molecular formula is C15H23ClN2O2. The van der Waals surface area contributed by atoms with E-state index < -0.39 is 0 Å². The lowest BCUT2D eigenvalue weighted by Gasteiger charge is -2.26. The Balaban J connectivity index is 1.84. The fourth-order valence-corrected chi connectivity index (χ4v) is 2.39. The van der Waals surface area contributed by atoms with Crippen molar-refractivity contribution in [3.63, 3.8) is 0 Å². The maximum Gasteiger partial charge on any atom is 0.123 e. The number of nitrogens with one attached hydrogen (secondary N) is 1. The maximum absolute atomic E-state index is 6.05. The van der Waals surface area contributed by atoms with Gasteiger partial charge in [-0.2, -0.15) is 0 Å². The molecule has 1 heterocycles. The summed E-state index contributed by atoms with van der Waals surface area (Å²) in [6.45, 7) is 9.07. The van der Waals surface area contributed by atoms with Crippen LogP contribution in [0.1, 0.15) is 12.5 Å². The highest BCUT2D eigenvalue weighted by Gasteiger charge is 2.10. The highest BCUT2D eigenvalue weighted by molar-refractivity contribution is 6.30. The van der Waals surface area contributed by atoms with Crippen LogP contribution in [0.15, 0.2) is 18.2 Å². The summed E-state index contributed by atoms with van der Waals surface area (Å²) < 4.78 is 11.2. The molecule has 0 atom stereocenters. The molecule has 0 unspecified atom stereocenters. The quantitative estimate of drug-likeness (QED) is 0.836. The van der Waals surface area contributed by atoms with Gasteiger partial charge in [0.05, 0.1) is 13.2 Å². The van der Waals surface area contributed by atoms with Crippen LogP contribution in [0.3, 0.4) is 0 Å². The first-order valence-corrected chi connectivity index (χ1v) is 7.59. The molecule has 1 N–H and O–H groups in total. The summed E-state index contributed by atoms with van der Waals surface area (Å²) in [4.78, 5) is 2.36. The van der Waals surface area contributed by atoms with E-state index in [1.54, 1.807) is 0 Å². The van der Waals surface area contributed by atoms with E-state index in [0.717, 1.165) is 62.3 Å². The fraction of sp³-hybridized carbons (Fsp3) is 0.600. The molecule has 0 amide bonds. The molecule has 1 saturated heterocycles. The Morgan fingerprint density at radius 2 is 2.15 bits per heavy atom. The van der Waals surface area contributed by atoms with Crippen LogP contribution < -0.4 is 10.1 Å². The Morgan fingerprint density at radius 3 is 2.90 bits per heavy atom. The molecule has 5 heteroatoms. The van der Waals surface area contributed by atoms with E-state index >= 15 is 0 Å². The molecule has 1 aromatic rings. The molecule has 0 aliphatic carbocycles. The zero-order valence-electron chi connectivity index (χ0n) is 12.0. The molecule has 0 radical (unpaired) electrons. The van der Waals surface area contributed by atoms with Gasteiger partial charge in [-0.25, -0.2) is 0 Å². The molecule has 1 fully saturated rings. The third kappa shape index (κ3) is 4.94. The molecule has 4 nitrogen and oxygen atoms in total. The van der Waals surface area contributed by atoms with Crippen molar-refractivity contribution < 1.29 is 9.47 Å². The number of halogens is 1. The van der Waals surface area contributed by atoms with Gasteiger partial charge in [-0.15, -0.1) is 0 Å². The van der Waals surface area contributed by atoms with Crippen LogP contribution in [-0.2, 0) is 11.3 Å². The lowest BCUT2D eigenvalue weighted by atomic mass is 10.2. The van der Waals surface area contributed by atoms with E-state index in [1.807, 2.05) is 18.2 Å². The number of ether oxygens (including phenoxy) is 2. The van der Waals surface area contributed by atoms with Gasteiger partial charge in [0.15, 0.2) is 0 Å². The number of rotatable bonds is 7. The lowest BCUT2D eigenvalue weighted by Crippen LogP contribution is -2.38. The topological polar surface area (TPSA) is 33.7 Å². The van der Waals surface area contributed by atoms with Crippen molar-refractivity contribution in [1.82, 2.24) is 10.2 Å². The summed E-state index contributed by atoms with van der Waals surface area (Å²) in [5.74, 6) is 0.920. The second kappa shape index (κ2) is 8.47. The average molecular weight is 299 g/mol. The number of benzene rings is 1. The second-order valence-electron chi connectivity index (χ2n) is 4.83. The molecule has 1 aromatic carbocycles. The van der Waals surface area contributed by atoms with E-state index in [1.165, 1.54) is 0 Å². The monoisotopic (exact) mass is 298 g/mol. The van der Waals surface area contributed by atoms with Crippen molar-refractivity contribution in [2.75, 3.05) is 46.0 Å². The largest absolute Gasteiger partial charge is 0.492 e. The number of hydrogen-bond acceptors (Lipinski definition) is 4. The molecule has 0 saturated carbocycles. The van der Waals surface area contributed by atoms with Crippen LogP contribution in [0.5, 0.6) is 5.75 Å². The van der Waals surface area contributed by atoms with Gasteiger partial charge in [-0.1, -0.05) is 18.5 Å². The minimum absolute atomic E-state index is 0.695. The summed E-state index contributed by atoms with van der Waals surface area (Å²) in [5.41, 5.74) is 1.11. The number of morpholine rings is 1. The predicted molar refractivity (Wildman–Crippen MR) is 81.6 cm³/mol. The zero-order valence-corrected chi connectivity index (χ0v) is 12.8. The molecule has 0 aromatic heterocycles. The Kier molecular flexibility index (Phi) is 6.60. The minimum Gasteiger partial charge on any atom is -0.492 e. The van der Waals surface area contributed by atoms with Gasteiger partial charge < -0.3 is 14.8 Å². The molecule has 1 aliphatic heterocycles. The van der Waals surface area contributed by atoms with Crippen LogP contribution in [0.4, 0.5) is 0 Å². The zero-order chi connectivity index (χ0) is 14.2. The van der Waals surface area contributed by atoms with E-state index in [0.29, 0.717) is 6.61 Å². The Morgan fingerprint density at radius 1 is 1.35 bits per heavy atom. The van der Waals surface area contributed by atoms with Crippen LogP contribution in [0.25, 0.3) is 0 Å². The van der Waals surface area contributed by atoms with Crippen LogP contribution in [0, 0.1) is 0 Å². The van der Waals surface area contributed by atoms with E-state index in [-0.39, 0.29) is 0 Å². The fourth-order valence-electron chi connectivity index (χ4n) is 2.20. The van der Waals surface area contributed by atoms with Crippen molar-refractivity contribution in [2.45, 2.75) is 13.5 Å². The first-order chi connectivity index (χ1) is 9.79. The predicted octanol–water partition coefficient (Wildman–Crippen LogP) is 2.16.